The summed E-state index contributed by atoms with van der Waals surface area (Å²) in [5.74, 6) is 1.86. The van der Waals surface area contributed by atoms with Crippen molar-refractivity contribution in [1.82, 2.24) is 4.90 Å². The van der Waals surface area contributed by atoms with Gasteiger partial charge in [0.25, 0.3) is 0 Å². The quantitative estimate of drug-likeness (QED) is 0.734. The topological polar surface area (TPSA) is 20.3 Å². The third-order valence-corrected chi connectivity index (χ3v) is 6.02. The first-order valence-corrected chi connectivity index (χ1v) is 9.66. The van der Waals surface area contributed by atoms with Crippen LogP contribution < -0.4 is 0 Å². The Hall–Kier alpha value is -1.93. The van der Waals surface area contributed by atoms with Gasteiger partial charge in [-0.3, -0.25) is 4.79 Å². The molecule has 3 fully saturated rings. The number of ketones is 1. The summed E-state index contributed by atoms with van der Waals surface area (Å²) >= 11 is 0. The molecule has 1 atom stereocenters. The minimum Gasteiger partial charge on any atom is -0.302 e. The van der Waals surface area contributed by atoms with Crippen LogP contribution in [-0.2, 0) is 0 Å². The van der Waals surface area contributed by atoms with Crippen molar-refractivity contribution in [2.45, 2.75) is 31.6 Å². The molecule has 2 saturated heterocycles. The first-order chi connectivity index (χ1) is 12.3. The summed E-state index contributed by atoms with van der Waals surface area (Å²) in [5.41, 5.74) is 1.97. The minimum atomic E-state index is -0.0684. The van der Waals surface area contributed by atoms with Crippen LogP contribution in [-0.4, -0.2) is 30.3 Å². The van der Waals surface area contributed by atoms with E-state index in [0.717, 1.165) is 29.5 Å². The van der Waals surface area contributed by atoms with Crippen molar-refractivity contribution < 1.29 is 4.79 Å². The zero-order valence-electron chi connectivity index (χ0n) is 14.8. The standard InChI is InChI=1S/C23H27NO/c25-23(21-9-5-2-6-10-21)22(20-7-3-1-4-8-20)17-24-15-18-11-12-19(16-24)14-13-18/h1-10,18-19,22H,11-17H2/t18?,19?,22-/m1/s1. The molecule has 2 heteroatoms. The summed E-state index contributed by atoms with van der Waals surface area (Å²) in [6.07, 6.45) is 5.52. The first kappa shape index (κ1) is 16.5. The fourth-order valence-corrected chi connectivity index (χ4v) is 4.64. The van der Waals surface area contributed by atoms with Crippen molar-refractivity contribution in [3.63, 3.8) is 0 Å². The van der Waals surface area contributed by atoms with Gasteiger partial charge in [0.05, 0.1) is 5.92 Å². The van der Waals surface area contributed by atoms with E-state index in [2.05, 4.69) is 17.0 Å². The van der Waals surface area contributed by atoms with Crippen LogP contribution in [0.5, 0.6) is 0 Å². The van der Waals surface area contributed by atoms with Crippen LogP contribution in [0.1, 0.15) is 47.5 Å². The molecule has 0 N–H and O–H groups in total. The summed E-state index contributed by atoms with van der Waals surface area (Å²) in [5, 5.41) is 0. The molecule has 2 aromatic carbocycles. The van der Waals surface area contributed by atoms with Crippen LogP contribution >= 0.6 is 0 Å². The fourth-order valence-electron chi connectivity index (χ4n) is 4.64. The van der Waals surface area contributed by atoms with E-state index in [0.29, 0.717) is 0 Å². The molecule has 2 bridgehead atoms. The van der Waals surface area contributed by atoms with Crippen molar-refractivity contribution >= 4 is 5.78 Å². The largest absolute Gasteiger partial charge is 0.302 e. The molecule has 0 spiro atoms. The SMILES string of the molecule is O=C(c1ccccc1)[C@H](CN1CC2CCC(CC2)C1)c1ccccc1. The Morgan fingerprint density at radius 1 is 0.840 bits per heavy atom. The number of hydrogen-bond donors (Lipinski definition) is 0. The first-order valence-electron chi connectivity index (χ1n) is 9.66. The second kappa shape index (κ2) is 7.53. The molecule has 1 saturated carbocycles. The second-order valence-electron chi connectivity index (χ2n) is 7.80. The number of Topliss-reactive ketones (excluding diaryl/α,β-unsaturated/α-hetero) is 1. The van der Waals surface area contributed by atoms with Gasteiger partial charge in [-0.15, -0.1) is 0 Å². The van der Waals surface area contributed by atoms with Crippen LogP contribution in [0.3, 0.4) is 0 Å². The van der Waals surface area contributed by atoms with Crippen LogP contribution in [0.15, 0.2) is 60.7 Å². The third-order valence-electron chi connectivity index (χ3n) is 6.02. The zero-order chi connectivity index (χ0) is 17.1. The molecular weight excluding hydrogens is 306 g/mol. The Morgan fingerprint density at radius 2 is 1.36 bits per heavy atom. The highest BCUT2D eigenvalue weighted by Crippen LogP contribution is 2.35. The number of hydrogen-bond acceptors (Lipinski definition) is 2. The van der Waals surface area contributed by atoms with Gasteiger partial charge in [-0.05, 0) is 43.1 Å². The molecule has 0 radical (unpaired) electrons. The van der Waals surface area contributed by atoms with Crippen LogP contribution in [0.25, 0.3) is 0 Å². The number of carbonyl (C=O) groups is 1. The third kappa shape index (κ3) is 3.85. The van der Waals surface area contributed by atoms with Crippen molar-refractivity contribution in [3.8, 4) is 0 Å². The van der Waals surface area contributed by atoms with Crippen LogP contribution in [0, 0.1) is 11.8 Å². The molecule has 2 aromatic rings. The van der Waals surface area contributed by atoms with E-state index < -0.39 is 0 Å². The fraction of sp³-hybridized carbons (Fsp3) is 0.435. The summed E-state index contributed by atoms with van der Waals surface area (Å²) in [6, 6.07) is 20.1. The van der Waals surface area contributed by atoms with E-state index in [1.807, 2.05) is 48.5 Å². The Labute approximate surface area is 150 Å². The van der Waals surface area contributed by atoms with Crippen molar-refractivity contribution in [2.75, 3.05) is 19.6 Å². The van der Waals surface area contributed by atoms with Crippen LogP contribution in [0.2, 0.25) is 0 Å². The molecule has 2 heterocycles. The number of benzene rings is 2. The molecule has 2 aliphatic heterocycles. The number of rotatable bonds is 5. The van der Waals surface area contributed by atoms with E-state index in [-0.39, 0.29) is 11.7 Å². The molecule has 3 aliphatic rings. The summed E-state index contributed by atoms with van der Waals surface area (Å²) < 4.78 is 0. The molecule has 0 amide bonds. The zero-order valence-corrected chi connectivity index (χ0v) is 14.8. The lowest BCUT2D eigenvalue weighted by molar-refractivity contribution is 0.0929. The molecule has 1 aliphatic carbocycles. The Kier molecular flexibility index (Phi) is 4.98. The Bertz CT molecular complexity index is 675. The van der Waals surface area contributed by atoms with Crippen molar-refractivity contribution in [1.29, 1.82) is 0 Å². The number of nitrogens with zero attached hydrogens (tertiary/aromatic N) is 1. The van der Waals surface area contributed by atoms with Gasteiger partial charge in [0.2, 0.25) is 0 Å². The maximum atomic E-state index is 13.3. The van der Waals surface area contributed by atoms with Gasteiger partial charge < -0.3 is 4.90 Å². The molecule has 0 aromatic heterocycles. The smallest absolute Gasteiger partial charge is 0.171 e. The lowest BCUT2D eigenvalue weighted by Gasteiger charge is -2.27. The van der Waals surface area contributed by atoms with Gasteiger partial charge in [-0.25, -0.2) is 0 Å². The maximum absolute atomic E-state index is 13.3. The van der Waals surface area contributed by atoms with E-state index in [4.69, 9.17) is 0 Å². The maximum Gasteiger partial charge on any atom is 0.171 e. The Balaban J connectivity index is 1.58. The van der Waals surface area contributed by atoms with Gasteiger partial charge in [0, 0.05) is 25.2 Å². The highest BCUT2D eigenvalue weighted by atomic mass is 16.1. The number of carbonyl (C=O) groups excluding carboxylic acids is 1. The summed E-state index contributed by atoms with van der Waals surface area (Å²) in [6.45, 7) is 3.19. The highest BCUT2D eigenvalue weighted by Gasteiger charge is 2.32. The molecule has 2 nitrogen and oxygen atoms in total. The van der Waals surface area contributed by atoms with Gasteiger partial charge in [-0.2, -0.15) is 0 Å². The van der Waals surface area contributed by atoms with Crippen molar-refractivity contribution in [2.24, 2.45) is 11.8 Å². The molecule has 25 heavy (non-hydrogen) atoms. The summed E-state index contributed by atoms with van der Waals surface area (Å²) in [7, 11) is 0. The number of fused-ring (bicyclic) bond motifs is 4. The van der Waals surface area contributed by atoms with E-state index in [1.54, 1.807) is 0 Å². The normalized spacial score (nSPS) is 24.6. The predicted molar refractivity (Wildman–Crippen MR) is 102 cm³/mol. The average Bonchev–Trinajstić information content (AvgIpc) is 3.00. The molecule has 130 valence electrons. The monoisotopic (exact) mass is 333 g/mol. The minimum absolute atomic E-state index is 0.0684. The lowest BCUT2D eigenvalue weighted by atomic mass is 9.84. The summed E-state index contributed by atoms with van der Waals surface area (Å²) in [4.78, 5) is 15.8. The lowest BCUT2D eigenvalue weighted by Crippen LogP contribution is -2.35. The van der Waals surface area contributed by atoms with Gasteiger partial charge in [-0.1, -0.05) is 60.7 Å². The predicted octanol–water partition coefficient (Wildman–Crippen LogP) is 4.78. The Morgan fingerprint density at radius 3 is 1.92 bits per heavy atom. The van der Waals surface area contributed by atoms with Gasteiger partial charge in [0.15, 0.2) is 5.78 Å². The molecule has 0 unspecified atom stereocenters. The van der Waals surface area contributed by atoms with Crippen molar-refractivity contribution in [3.05, 3.63) is 71.8 Å². The highest BCUT2D eigenvalue weighted by molar-refractivity contribution is 6.01. The van der Waals surface area contributed by atoms with Crippen LogP contribution in [0.4, 0.5) is 0 Å². The molecular formula is C23H27NO. The van der Waals surface area contributed by atoms with E-state index in [9.17, 15) is 4.79 Å². The second-order valence-corrected chi connectivity index (χ2v) is 7.80. The average molecular weight is 333 g/mol. The van der Waals surface area contributed by atoms with E-state index >= 15 is 0 Å². The molecule has 5 rings (SSSR count). The van der Waals surface area contributed by atoms with E-state index in [1.165, 1.54) is 38.8 Å². The van der Waals surface area contributed by atoms with Gasteiger partial charge in [0.1, 0.15) is 0 Å². The van der Waals surface area contributed by atoms with Gasteiger partial charge >= 0.3 is 0 Å².